The van der Waals surface area contributed by atoms with Crippen LogP contribution in [0.3, 0.4) is 0 Å². The third-order valence-corrected chi connectivity index (χ3v) is 8.74. The summed E-state index contributed by atoms with van der Waals surface area (Å²) in [4.78, 5) is 2.05. The molecule has 0 aliphatic carbocycles. The van der Waals surface area contributed by atoms with E-state index >= 15 is 0 Å². The van der Waals surface area contributed by atoms with Crippen molar-refractivity contribution in [3.8, 4) is 5.75 Å². The first-order chi connectivity index (χ1) is 23.0. The number of nitrogens with zero attached hydrogens (tertiary/aromatic N) is 5. The Morgan fingerprint density at radius 2 is 0.851 bits per heavy atom. The highest BCUT2D eigenvalue weighted by molar-refractivity contribution is 6.32. The number of anilines is 1. The number of hydrogen-bond donors (Lipinski definition) is 0. The lowest BCUT2D eigenvalue weighted by Crippen LogP contribution is -2.07. The molecule has 0 saturated carbocycles. The van der Waals surface area contributed by atoms with Crippen molar-refractivity contribution in [3.05, 3.63) is 71.8 Å². The molecule has 0 amide bonds. The van der Waals surface area contributed by atoms with Crippen LogP contribution >= 0.6 is 11.6 Å². The first kappa shape index (κ1) is 38.2. The van der Waals surface area contributed by atoms with E-state index in [0.717, 1.165) is 29.2 Å². The van der Waals surface area contributed by atoms with Crippen LogP contribution in [0.25, 0.3) is 0 Å². The third kappa shape index (κ3) is 16.9. The number of azo groups is 2. The van der Waals surface area contributed by atoms with Crippen molar-refractivity contribution < 1.29 is 4.74 Å². The minimum absolute atomic E-state index is 0.554. The Labute approximate surface area is 290 Å². The fourth-order valence-electron chi connectivity index (χ4n) is 5.49. The maximum absolute atomic E-state index is 6.48. The van der Waals surface area contributed by atoms with Crippen molar-refractivity contribution in [1.82, 2.24) is 0 Å². The molecule has 3 rings (SSSR count). The predicted molar refractivity (Wildman–Crippen MR) is 201 cm³/mol. The predicted octanol–water partition coefficient (Wildman–Crippen LogP) is 14.7. The first-order valence-electron chi connectivity index (χ1n) is 18.2. The average molecular weight is 660 g/mol. The van der Waals surface area contributed by atoms with Crippen LogP contribution in [0.4, 0.5) is 28.4 Å². The summed E-state index contributed by atoms with van der Waals surface area (Å²) in [6.07, 6.45) is 24.7. The fraction of sp³-hybridized carbons (Fsp3) is 0.550. The number of hydrogen-bond acceptors (Lipinski definition) is 6. The lowest BCUT2D eigenvalue weighted by molar-refractivity contribution is 0.304. The molecule has 3 aromatic rings. The summed E-state index contributed by atoms with van der Waals surface area (Å²) >= 11 is 6.48. The van der Waals surface area contributed by atoms with E-state index in [9.17, 15) is 0 Å². The Balaban J connectivity index is 1.21. The van der Waals surface area contributed by atoms with E-state index in [4.69, 9.17) is 16.3 Å². The van der Waals surface area contributed by atoms with Gasteiger partial charge in [-0.15, -0.1) is 0 Å². The second-order valence-corrected chi connectivity index (χ2v) is 13.2. The summed E-state index contributed by atoms with van der Waals surface area (Å²) in [5, 5.41) is 17.9. The van der Waals surface area contributed by atoms with E-state index in [1.807, 2.05) is 79.7 Å². The number of ether oxygens (including phenoxy) is 1. The molecule has 0 fully saturated rings. The van der Waals surface area contributed by atoms with Crippen molar-refractivity contribution >= 4 is 40.0 Å². The van der Waals surface area contributed by atoms with E-state index in [-0.39, 0.29) is 0 Å². The molecule has 47 heavy (non-hydrogen) atoms. The molecular formula is C40H58ClN5O. The van der Waals surface area contributed by atoms with E-state index in [1.54, 1.807) is 6.07 Å². The van der Waals surface area contributed by atoms with Gasteiger partial charge in [0.2, 0.25) is 0 Å². The van der Waals surface area contributed by atoms with Gasteiger partial charge in [0, 0.05) is 19.8 Å². The van der Waals surface area contributed by atoms with Crippen LogP contribution in [-0.4, -0.2) is 20.7 Å². The molecule has 0 aliphatic heterocycles. The minimum atomic E-state index is 0.554. The smallest absolute Gasteiger partial charge is 0.138 e. The van der Waals surface area contributed by atoms with Crippen molar-refractivity contribution in [1.29, 1.82) is 0 Å². The Kier molecular flexibility index (Phi) is 19.5. The highest BCUT2D eigenvalue weighted by Crippen LogP contribution is 2.31. The van der Waals surface area contributed by atoms with Crippen LogP contribution in [0.1, 0.15) is 122 Å². The maximum atomic E-state index is 6.48. The second kappa shape index (κ2) is 24.0. The monoisotopic (exact) mass is 659 g/mol. The highest BCUT2D eigenvalue weighted by Gasteiger charge is 2.04. The molecule has 0 aliphatic rings. The van der Waals surface area contributed by atoms with Gasteiger partial charge in [0.05, 0.1) is 34.4 Å². The summed E-state index contributed by atoms with van der Waals surface area (Å²) in [6, 6.07) is 21.0. The van der Waals surface area contributed by atoms with Gasteiger partial charge in [-0.25, -0.2) is 0 Å². The molecule has 0 saturated heterocycles. The van der Waals surface area contributed by atoms with Crippen LogP contribution in [0.2, 0.25) is 5.02 Å². The number of halogens is 1. The first-order valence-corrected chi connectivity index (χ1v) is 18.6. The number of benzene rings is 3. The van der Waals surface area contributed by atoms with Gasteiger partial charge in [0.25, 0.3) is 0 Å². The van der Waals surface area contributed by atoms with Gasteiger partial charge < -0.3 is 9.64 Å². The molecule has 3 aromatic carbocycles. The topological polar surface area (TPSA) is 61.9 Å². The normalized spacial score (nSPS) is 11.6. The second-order valence-electron chi connectivity index (χ2n) is 12.8. The van der Waals surface area contributed by atoms with E-state index in [2.05, 4.69) is 27.4 Å². The lowest BCUT2D eigenvalue weighted by atomic mass is 10.0. The van der Waals surface area contributed by atoms with Gasteiger partial charge in [0.15, 0.2) is 0 Å². The van der Waals surface area contributed by atoms with Gasteiger partial charge >= 0.3 is 0 Å². The standard InChI is InChI=1S/C40H58ClN5O/c1-4-5-6-7-8-9-10-11-12-13-14-15-16-17-18-19-20-21-32-47-40-31-28-37(33-39(40)41)45-44-35-24-22-34(23-25-35)42-43-36-26-29-38(30-27-36)46(2)3/h22-31,33H,4-21,32H2,1-3H3. The lowest BCUT2D eigenvalue weighted by Gasteiger charge is -2.11. The molecule has 0 N–H and O–H groups in total. The van der Waals surface area contributed by atoms with Crippen molar-refractivity contribution in [3.63, 3.8) is 0 Å². The SMILES string of the molecule is CCCCCCCCCCCCCCCCCCCCOc1ccc(N=Nc2ccc(N=Nc3ccc(N(C)C)cc3)cc2)cc1Cl. The zero-order valence-corrected chi connectivity index (χ0v) is 30.1. The molecule has 6 nitrogen and oxygen atoms in total. The zero-order valence-electron chi connectivity index (χ0n) is 29.3. The van der Waals surface area contributed by atoms with Gasteiger partial charge in [0.1, 0.15) is 5.75 Å². The van der Waals surface area contributed by atoms with Crippen LogP contribution < -0.4 is 9.64 Å². The largest absolute Gasteiger partial charge is 0.492 e. The van der Waals surface area contributed by atoms with Gasteiger partial charge in [-0.2, -0.15) is 20.5 Å². The fourth-order valence-corrected chi connectivity index (χ4v) is 5.72. The summed E-state index contributed by atoms with van der Waals surface area (Å²) in [7, 11) is 4.02. The highest BCUT2D eigenvalue weighted by atomic mass is 35.5. The molecular weight excluding hydrogens is 602 g/mol. The Morgan fingerprint density at radius 3 is 1.26 bits per heavy atom. The quantitative estimate of drug-likeness (QED) is 0.0671. The van der Waals surface area contributed by atoms with Crippen molar-refractivity contribution in [2.45, 2.75) is 122 Å². The number of rotatable bonds is 25. The number of unbranched alkanes of at least 4 members (excludes halogenated alkanes) is 17. The van der Waals surface area contributed by atoms with Crippen molar-refractivity contribution in [2.75, 3.05) is 25.6 Å². The molecule has 0 radical (unpaired) electrons. The summed E-state index contributed by atoms with van der Waals surface area (Å²) in [6.45, 7) is 2.97. The minimum Gasteiger partial charge on any atom is -0.492 e. The van der Waals surface area contributed by atoms with E-state index in [1.165, 1.54) is 109 Å². The van der Waals surface area contributed by atoms with Crippen molar-refractivity contribution in [2.24, 2.45) is 20.5 Å². The molecule has 0 bridgehead atoms. The van der Waals surface area contributed by atoms with Gasteiger partial charge in [-0.3, -0.25) is 0 Å². The van der Waals surface area contributed by atoms with Crippen LogP contribution in [0.15, 0.2) is 87.2 Å². The zero-order chi connectivity index (χ0) is 33.4. The summed E-state index contributed by atoms with van der Waals surface area (Å²) in [5.41, 5.74) is 4.09. The van der Waals surface area contributed by atoms with Gasteiger partial charge in [-0.05, 0) is 73.2 Å². The van der Waals surface area contributed by atoms with Crippen LogP contribution in [0, 0.1) is 0 Å². The molecule has 0 aromatic heterocycles. The molecule has 7 heteroatoms. The van der Waals surface area contributed by atoms with E-state index < -0.39 is 0 Å². The molecule has 0 heterocycles. The van der Waals surface area contributed by atoms with Gasteiger partial charge in [-0.1, -0.05) is 128 Å². The summed E-state index contributed by atoms with van der Waals surface area (Å²) in [5.74, 6) is 0.698. The Morgan fingerprint density at radius 1 is 0.489 bits per heavy atom. The molecule has 0 spiro atoms. The van der Waals surface area contributed by atoms with E-state index in [0.29, 0.717) is 23.1 Å². The van der Waals surface area contributed by atoms with Crippen LogP contribution in [0.5, 0.6) is 5.75 Å². The summed E-state index contributed by atoms with van der Waals surface area (Å²) < 4.78 is 5.94. The van der Waals surface area contributed by atoms with Crippen LogP contribution in [-0.2, 0) is 0 Å². The molecule has 256 valence electrons. The molecule has 0 unspecified atom stereocenters. The Bertz CT molecular complexity index is 1290. The molecule has 0 atom stereocenters. The maximum Gasteiger partial charge on any atom is 0.138 e. The average Bonchev–Trinajstić information content (AvgIpc) is 3.08. The Hall–Kier alpha value is -3.25. The third-order valence-electron chi connectivity index (χ3n) is 8.45.